The number of ether oxygens (including phenoxy) is 2. The topological polar surface area (TPSA) is 56.3 Å². The molecule has 0 spiro atoms. The third-order valence-corrected chi connectivity index (χ3v) is 3.35. The monoisotopic (exact) mass is 317 g/mol. The maximum atomic E-state index is 13.8. The molecule has 0 saturated heterocycles. The molecule has 23 heavy (non-hydrogen) atoms. The van der Waals surface area contributed by atoms with Crippen molar-refractivity contribution in [3.05, 3.63) is 48.3 Å². The fourth-order valence-corrected chi connectivity index (χ4v) is 2.22. The van der Waals surface area contributed by atoms with Gasteiger partial charge in [0.05, 0.1) is 19.7 Å². The quantitative estimate of drug-likeness (QED) is 0.795. The molecule has 0 amide bonds. The lowest BCUT2D eigenvalue weighted by molar-refractivity contribution is 0.356. The van der Waals surface area contributed by atoms with Crippen LogP contribution in [0, 0.1) is 11.6 Å². The van der Waals surface area contributed by atoms with Gasteiger partial charge in [-0.05, 0) is 18.2 Å². The first-order chi connectivity index (χ1) is 11.1. The second kappa shape index (κ2) is 6.04. The van der Waals surface area contributed by atoms with Crippen molar-refractivity contribution in [3.8, 4) is 11.5 Å². The van der Waals surface area contributed by atoms with Crippen LogP contribution in [0.2, 0.25) is 0 Å². The number of hydrogen-bond acceptors (Lipinski definition) is 5. The molecule has 0 bridgehead atoms. The van der Waals surface area contributed by atoms with E-state index in [2.05, 4.69) is 15.3 Å². The first kappa shape index (κ1) is 15.0. The summed E-state index contributed by atoms with van der Waals surface area (Å²) in [6.07, 6.45) is 1.30. The van der Waals surface area contributed by atoms with Crippen LogP contribution in [0.15, 0.2) is 36.7 Å². The molecule has 7 heteroatoms. The van der Waals surface area contributed by atoms with Gasteiger partial charge < -0.3 is 14.8 Å². The lowest BCUT2D eigenvalue weighted by Crippen LogP contribution is -2.01. The van der Waals surface area contributed by atoms with Gasteiger partial charge in [0.1, 0.15) is 29.5 Å². The van der Waals surface area contributed by atoms with Gasteiger partial charge in [0.2, 0.25) is 0 Å². The van der Waals surface area contributed by atoms with E-state index >= 15 is 0 Å². The Morgan fingerprint density at radius 1 is 0.957 bits per heavy atom. The van der Waals surface area contributed by atoms with Crippen LogP contribution in [0.3, 0.4) is 0 Å². The Morgan fingerprint density at radius 3 is 2.26 bits per heavy atom. The molecule has 0 saturated carbocycles. The molecular formula is C16H13F2N3O2. The summed E-state index contributed by atoms with van der Waals surface area (Å²) in [5.74, 6) is -0.192. The highest BCUT2D eigenvalue weighted by Gasteiger charge is 2.14. The molecule has 3 aromatic rings. The molecule has 0 radical (unpaired) electrons. The van der Waals surface area contributed by atoms with Gasteiger partial charge in [0.25, 0.3) is 0 Å². The van der Waals surface area contributed by atoms with Crippen molar-refractivity contribution in [2.75, 3.05) is 19.5 Å². The number of benzene rings is 2. The van der Waals surface area contributed by atoms with Crippen molar-refractivity contribution in [2.45, 2.75) is 0 Å². The highest BCUT2D eigenvalue weighted by atomic mass is 19.1. The van der Waals surface area contributed by atoms with Crippen molar-refractivity contribution in [2.24, 2.45) is 0 Å². The normalized spacial score (nSPS) is 10.6. The number of halogens is 2. The minimum absolute atomic E-state index is 0.264. The second-order valence-electron chi connectivity index (χ2n) is 4.67. The summed E-state index contributed by atoms with van der Waals surface area (Å²) in [6.45, 7) is 0. The fourth-order valence-electron chi connectivity index (χ4n) is 2.22. The van der Waals surface area contributed by atoms with Crippen LogP contribution in [0.4, 0.5) is 20.3 Å². The maximum absolute atomic E-state index is 13.8. The molecule has 5 nitrogen and oxygen atoms in total. The van der Waals surface area contributed by atoms with Gasteiger partial charge in [-0.15, -0.1) is 0 Å². The first-order valence-corrected chi connectivity index (χ1v) is 6.72. The molecule has 2 aromatic carbocycles. The summed E-state index contributed by atoms with van der Waals surface area (Å²) in [7, 11) is 3.01. The van der Waals surface area contributed by atoms with Crippen molar-refractivity contribution in [3.63, 3.8) is 0 Å². The molecule has 3 rings (SSSR count). The number of nitrogens with one attached hydrogen (secondary N) is 1. The fraction of sp³-hybridized carbons (Fsp3) is 0.125. The second-order valence-corrected chi connectivity index (χ2v) is 4.67. The van der Waals surface area contributed by atoms with E-state index in [4.69, 9.17) is 9.47 Å². The van der Waals surface area contributed by atoms with Gasteiger partial charge in [-0.1, -0.05) is 6.07 Å². The van der Waals surface area contributed by atoms with Crippen LogP contribution in [-0.4, -0.2) is 24.2 Å². The first-order valence-electron chi connectivity index (χ1n) is 6.72. The van der Waals surface area contributed by atoms with E-state index in [1.165, 1.54) is 38.7 Å². The van der Waals surface area contributed by atoms with Crippen molar-refractivity contribution in [1.29, 1.82) is 0 Å². The SMILES string of the molecule is COc1cc2ncnc(Nc3c(F)cccc3F)c2cc1OC. The van der Waals surface area contributed by atoms with Crippen molar-refractivity contribution < 1.29 is 18.3 Å². The summed E-state index contributed by atoms with van der Waals surface area (Å²) in [5.41, 5.74) is 0.277. The van der Waals surface area contributed by atoms with Gasteiger partial charge in [0, 0.05) is 11.5 Å². The Morgan fingerprint density at radius 2 is 1.61 bits per heavy atom. The Hall–Kier alpha value is -2.96. The minimum Gasteiger partial charge on any atom is -0.493 e. The van der Waals surface area contributed by atoms with Gasteiger partial charge in [-0.25, -0.2) is 18.7 Å². The lowest BCUT2D eigenvalue weighted by atomic mass is 10.2. The number of anilines is 2. The number of rotatable bonds is 4. The number of nitrogens with zero attached hydrogens (tertiary/aromatic N) is 2. The molecule has 0 fully saturated rings. The third kappa shape index (κ3) is 2.73. The third-order valence-electron chi connectivity index (χ3n) is 3.35. The van der Waals surface area contributed by atoms with Crippen molar-refractivity contribution >= 4 is 22.4 Å². The van der Waals surface area contributed by atoms with Gasteiger partial charge in [0.15, 0.2) is 11.5 Å². The van der Waals surface area contributed by atoms with Crippen LogP contribution >= 0.6 is 0 Å². The molecule has 0 aliphatic heterocycles. The van der Waals surface area contributed by atoms with Gasteiger partial charge in [-0.2, -0.15) is 0 Å². The van der Waals surface area contributed by atoms with Crippen LogP contribution in [0.25, 0.3) is 10.9 Å². The zero-order chi connectivity index (χ0) is 16.4. The number of fused-ring (bicyclic) bond motifs is 1. The molecule has 118 valence electrons. The predicted octanol–water partition coefficient (Wildman–Crippen LogP) is 3.67. The molecule has 0 atom stereocenters. The van der Waals surface area contributed by atoms with E-state index < -0.39 is 11.6 Å². The standard InChI is InChI=1S/C16H13F2N3O2/c1-22-13-6-9-12(7-14(13)23-2)19-8-20-16(9)21-15-10(17)4-3-5-11(15)18/h3-8H,1-2H3,(H,19,20,21). The highest BCUT2D eigenvalue weighted by Crippen LogP contribution is 2.34. The Labute approximate surface area is 130 Å². The molecule has 0 aliphatic rings. The van der Waals surface area contributed by atoms with Crippen molar-refractivity contribution in [1.82, 2.24) is 9.97 Å². The Balaban J connectivity index is 2.14. The average molecular weight is 317 g/mol. The summed E-state index contributed by atoms with van der Waals surface area (Å²) in [5, 5.41) is 3.22. The lowest BCUT2D eigenvalue weighted by Gasteiger charge is -2.12. The zero-order valence-corrected chi connectivity index (χ0v) is 12.4. The largest absolute Gasteiger partial charge is 0.493 e. The molecule has 1 heterocycles. The Bertz CT molecular complexity index is 851. The maximum Gasteiger partial charge on any atom is 0.162 e. The van der Waals surface area contributed by atoms with Crippen LogP contribution in [0.1, 0.15) is 0 Å². The number of methoxy groups -OCH3 is 2. The highest BCUT2D eigenvalue weighted by molar-refractivity contribution is 5.93. The van der Waals surface area contributed by atoms with E-state index in [-0.39, 0.29) is 11.5 Å². The van der Waals surface area contributed by atoms with Gasteiger partial charge >= 0.3 is 0 Å². The smallest absolute Gasteiger partial charge is 0.162 e. The Kier molecular flexibility index (Phi) is 3.92. The summed E-state index contributed by atoms with van der Waals surface area (Å²) in [4.78, 5) is 8.20. The predicted molar refractivity (Wildman–Crippen MR) is 82.3 cm³/mol. The summed E-state index contributed by atoms with van der Waals surface area (Å²) >= 11 is 0. The van der Waals surface area contributed by atoms with E-state index in [0.717, 1.165) is 0 Å². The van der Waals surface area contributed by atoms with E-state index in [1.54, 1.807) is 12.1 Å². The van der Waals surface area contributed by atoms with Crippen LogP contribution in [0.5, 0.6) is 11.5 Å². The molecule has 1 N–H and O–H groups in total. The van der Waals surface area contributed by atoms with E-state index in [1.807, 2.05) is 0 Å². The summed E-state index contributed by atoms with van der Waals surface area (Å²) in [6, 6.07) is 6.94. The molecule has 0 unspecified atom stereocenters. The molecule has 1 aromatic heterocycles. The van der Waals surface area contributed by atoms with E-state index in [9.17, 15) is 8.78 Å². The van der Waals surface area contributed by atoms with Gasteiger partial charge in [-0.3, -0.25) is 0 Å². The van der Waals surface area contributed by atoms with Crippen LogP contribution in [-0.2, 0) is 0 Å². The number of hydrogen-bond donors (Lipinski definition) is 1. The number of para-hydroxylation sites is 1. The molecule has 0 aliphatic carbocycles. The number of aromatic nitrogens is 2. The van der Waals surface area contributed by atoms with Crippen LogP contribution < -0.4 is 14.8 Å². The summed E-state index contributed by atoms with van der Waals surface area (Å²) < 4.78 is 38.1. The molecular weight excluding hydrogens is 304 g/mol. The minimum atomic E-state index is -0.711. The zero-order valence-electron chi connectivity index (χ0n) is 12.4. The van der Waals surface area contributed by atoms with E-state index in [0.29, 0.717) is 22.4 Å². The average Bonchev–Trinajstić information content (AvgIpc) is 2.57.